The molecule has 18 heavy (non-hydrogen) atoms. The number of alkyl halides is 3. The zero-order valence-electron chi connectivity index (χ0n) is 9.86. The lowest BCUT2D eigenvalue weighted by atomic mass is 9.89. The Morgan fingerprint density at radius 2 is 1.72 bits per heavy atom. The van der Waals surface area contributed by atoms with Crippen molar-refractivity contribution in [3.05, 3.63) is 29.8 Å². The minimum absolute atomic E-state index is 0.0179. The fraction of sp³-hybridized carbons (Fsp3) is 0.417. The number of thiol groups is 1. The van der Waals surface area contributed by atoms with Gasteiger partial charge in [-0.15, -0.1) is 25.8 Å². The van der Waals surface area contributed by atoms with E-state index < -0.39 is 12.3 Å². The van der Waals surface area contributed by atoms with Gasteiger partial charge < -0.3 is 4.74 Å². The maximum Gasteiger partial charge on any atom is 0.573 e. The van der Waals surface area contributed by atoms with E-state index in [1.54, 1.807) is 0 Å². The summed E-state index contributed by atoms with van der Waals surface area (Å²) in [5.74, 6) is -0.724. The molecule has 0 amide bonds. The second-order valence-electron chi connectivity index (χ2n) is 4.18. The number of halogens is 3. The van der Waals surface area contributed by atoms with Crippen LogP contribution in [-0.4, -0.2) is 11.5 Å². The molecule has 1 aromatic rings. The Bertz CT molecular complexity index is 412. The second kappa shape index (κ2) is 5.65. The molecule has 6 heteroatoms. The lowest BCUT2D eigenvalue weighted by molar-refractivity contribution is -0.274. The standard InChI is InChI=1S/C12H13F3O2S/c1-7(2)10(11(16)18)8-3-5-9(6-4-8)17-12(13,14)15/h3-7,10H,1-2H3,(H,16,18). The van der Waals surface area contributed by atoms with E-state index in [9.17, 15) is 18.0 Å². The summed E-state index contributed by atoms with van der Waals surface area (Å²) in [6.45, 7) is 3.69. The van der Waals surface area contributed by atoms with Crippen LogP contribution in [0.4, 0.5) is 13.2 Å². The molecule has 0 N–H and O–H groups in total. The highest BCUT2D eigenvalue weighted by molar-refractivity contribution is 7.96. The fourth-order valence-corrected chi connectivity index (χ4v) is 2.14. The number of carbonyl (C=O) groups excluding carboxylic acids is 1. The summed E-state index contributed by atoms with van der Waals surface area (Å²) >= 11 is 3.79. The van der Waals surface area contributed by atoms with E-state index in [0.717, 1.165) is 0 Å². The normalized spacial score (nSPS) is 13.5. The van der Waals surface area contributed by atoms with E-state index in [1.165, 1.54) is 24.3 Å². The van der Waals surface area contributed by atoms with Gasteiger partial charge in [-0.25, -0.2) is 0 Å². The third-order valence-corrected chi connectivity index (χ3v) is 2.68. The number of rotatable bonds is 4. The molecule has 0 aliphatic carbocycles. The van der Waals surface area contributed by atoms with E-state index in [4.69, 9.17) is 0 Å². The van der Waals surface area contributed by atoms with Crippen molar-refractivity contribution in [1.29, 1.82) is 0 Å². The summed E-state index contributed by atoms with van der Waals surface area (Å²) in [5, 5.41) is -0.311. The van der Waals surface area contributed by atoms with Crippen molar-refractivity contribution in [3.63, 3.8) is 0 Å². The summed E-state index contributed by atoms with van der Waals surface area (Å²) in [5.41, 5.74) is 0.625. The Balaban J connectivity index is 2.91. The van der Waals surface area contributed by atoms with Gasteiger partial charge in [0.1, 0.15) is 5.75 Å². The van der Waals surface area contributed by atoms with E-state index in [2.05, 4.69) is 17.4 Å². The minimum Gasteiger partial charge on any atom is -0.406 e. The Kier molecular flexibility index (Phi) is 4.67. The van der Waals surface area contributed by atoms with Crippen LogP contribution in [0.15, 0.2) is 24.3 Å². The zero-order valence-corrected chi connectivity index (χ0v) is 10.8. The molecule has 1 aromatic carbocycles. The number of ether oxygens (including phenoxy) is 1. The maximum atomic E-state index is 12.0. The zero-order chi connectivity index (χ0) is 13.9. The van der Waals surface area contributed by atoms with Crippen LogP contribution in [0, 0.1) is 5.92 Å². The van der Waals surface area contributed by atoms with Crippen LogP contribution in [0.5, 0.6) is 5.75 Å². The predicted octanol–water partition coefficient (Wildman–Crippen LogP) is 3.78. The molecular formula is C12H13F3O2S. The Hall–Kier alpha value is -1.17. The van der Waals surface area contributed by atoms with Crippen LogP contribution in [0.25, 0.3) is 0 Å². The molecule has 0 spiro atoms. The highest BCUT2D eigenvalue weighted by atomic mass is 32.1. The summed E-state index contributed by atoms with van der Waals surface area (Å²) in [7, 11) is 0. The monoisotopic (exact) mass is 278 g/mol. The molecule has 0 aliphatic rings. The lowest BCUT2D eigenvalue weighted by Gasteiger charge is -2.18. The van der Waals surface area contributed by atoms with Crippen molar-refractivity contribution in [2.24, 2.45) is 5.92 Å². The molecule has 0 saturated heterocycles. The minimum atomic E-state index is -4.71. The summed E-state index contributed by atoms with van der Waals surface area (Å²) < 4.78 is 39.7. The van der Waals surface area contributed by atoms with Crippen molar-refractivity contribution in [3.8, 4) is 5.75 Å². The molecule has 2 nitrogen and oxygen atoms in total. The van der Waals surface area contributed by atoms with Gasteiger partial charge in [0.15, 0.2) is 5.12 Å². The summed E-state index contributed by atoms with van der Waals surface area (Å²) in [6.07, 6.45) is -4.71. The van der Waals surface area contributed by atoms with Crippen molar-refractivity contribution >= 4 is 17.7 Å². The lowest BCUT2D eigenvalue weighted by Crippen LogP contribution is -2.17. The van der Waals surface area contributed by atoms with Crippen LogP contribution in [0.2, 0.25) is 0 Å². The van der Waals surface area contributed by atoms with E-state index >= 15 is 0 Å². The second-order valence-corrected chi connectivity index (χ2v) is 4.62. The molecule has 1 rings (SSSR count). The highest BCUT2D eigenvalue weighted by Crippen LogP contribution is 2.29. The molecule has 0 aromatic heterocycles. The Morgan fingerprint density at radius 3 is 2.06 bits per heavy atom. The predicted molar refractivity (Wildman–Crippen MR) is 64.7 cm³/mol. The van der Waals surface area contributed by atoms with Crippen molar-refractivity contribution in [2.45, 2.75) is 26.1 Å². The van der Waals surface area contributed by atoms with Gasteiger partial charge in [0.2, 0.25) is 0 Å². The van der Waals surface area contributed by atoms with E-state index in [0.29, 0.717) is 5.56 Å². The smallest absolute Gasteiger partial charge is 0.406 e. The molecule has 1 atom stereocenters. The fourth-order valence-electron chi connectivity index (χ4n) is 1.69. The largest absolute Gasteiger partial charge is 0.573 e. The highest BCUT2D eigenvalue weighted by Gasteiger charge is 2.31. The topological polar surface area (TPSA) is 26.3 Å². The van der Waals surface area contributed by atoms with E-state index in [-0.39, 0.29) is 16.8 Å². The molecular weight excluding hydrogens is 265 g/mol. The molecule has 0 aliphatic heterocycles. The summed E-state index contributed by atoms with van der Waals surface area (Å²) in [6, 6.07) is 5.27. The van der Waals surface area contributed by atoms with Crippen LogP contribution in [0.3, 0.4) is 0 Å². The van der Waals surface area contributed by atoms with Crippen molar-refractivity contribution in [1.82, 2.24) is 0 Å². The molecule has 0 radical (unpaired) electrons. The first-order valence-corrected chi connectivity index (χ1v) is 5.74. The van der Waals surface area contributed by atoms with Gasteiger partial charge in [-0.1, -0.05) is 26.0 Å². The van der Waals surface area contributed by atoms with Crippen LogP contribution in [-0.2, 0) is 4.79 Å². The van der Waals surface area contributed by atoms with Gasteiger partial charge in [0.05, 0.1) is 5.92 Å². The number of hydrogen-bond acceptors (Lipinski definition) is 2. The Labute approximate surface area is 109 Å². The molecule has 0 bridgehead atoms. The first-order valence-electron chi connectivity index (χ1n) is 5.29. The van der Waals surface area contributed by atoms with Gasteiger partial charge in [-0.2, -0.15) is 0 Å². The van der Waals surface area contributed by atoms with Gasteiger partial charge in [-0.05, 0) is 23.6 Å². The summed E-state index contributed by atoms with van der Waals surface area (Å²) in [4.78, 5) is 11.4. The Morgan fingerprint density at radius 1 is 1.22 bits per heavy atom. The van der Waals surface area contributed by atoms with E-state index in [1.807, 2.05) is 13.8 Å². The first kappa shape index (κ1) is 14.9. The van der Waals surface area contributed by atoms with Gasteiger partial charge in [-0.3, -0.25) is 4.79 Å². The SMILES string of the molecule is CC(C)C(C(=O)S)c1ccc(OC(F)(F)F)cc1. The average Bonchev–Trinajstić information content (AvgIpc) is 2.17. The van der Waals surface area contributed by atoms with Crippen molar-refractivity contribution < 1.29 is 22.7 Å². The van der Waals surface area contributed by atoms with Gasteiger partial charge in [0, 0.05) is 0 Å². The molecule has 1 unspecified atom stereocenters. The third-order valence-electron chi connectivity index (χ3n) is 2.41. The van der Waals surface area contributed by atoms with Crippen LogP contribution in [0.1, 0.15) is 25.3 Å². The van der Waals surface area contributed by atoms with Crippen LogP contribution >= 0.6 is 12.6 Å². The number of benzene rings is 1. The van der Waals surface area contributed by atoms with Crippen molar-refractivity contribution in [2.75, 3.05) is 0 Å². The first-order chi connectivity index (χ1) is 8.20. The van der Waals surface area contributed by atoms with Crippen LogP contribution < -0.4 is 4.74 Å². The molecule has 0 fully saturated rings. The molecule has 0 heterocycles. The van der Waals surface area contributed by atoms with Gasteiger partial charge >= 0.3 is 6.36 Å². The van der Waals surface area contributed by atoms with Gasteiger partial charge in [0.25, 0.3) is 0 Å². The maximum absolute atomic E-state index is 12.0. The molecule has 0 saturated carbocycles. The average molecular weight is 278 g/mol. The number of carbonyl (C=O) groups is 1. The molecule has 100 valence electrons. The number of hydrogen-bond donors (Lipinski definition) is 1. The third kappa shape index (κ3) is 4.25. The quantitative estimate of drug-likeness (QED) is 0.848.